The zero-order valence-electron chi connectivity index (χ0n) is 6.99. The summed E-state index contributed by atoms with van der Waals surface area (Å²) in [6, 6.07) is 0. The molecular formula is C8H8O6. The fourth-order valence-electron chi connectivity index (χ4n) is 2.58. The number of rotatable bonds is 2. The van der Waals surface area contributed by atoms with Crippen LogP contribution in [0.3, 0.4) is 0 Å². The highest BCUT2D eigenvalue weighted by Crippen LogP contribution is 2.53. The Balaban J connectivity index is 1.95. The van der Waals surface area contributed by atoms with E-state index in [1.54, 1.807) is 0 Å². The minimum absolute atomic E-state index is 0.184. The van der Waals surface area contributed by atoms with Crippen molar-refractivity contribution >= 4 is 11.9 Å². The van der Waals surface area contributed by atoms with Crippen LogP contribution in [-0.4, -0.2) is 46.6 Å². The number of carboxylic acids is 2. The van der Waals surface area contributed by atoms with Crippen molar-refractivity contribution < 1.29 is 29.3 Å². The van der Waals surface area contributed by atoms with Crippen LogP contribution in [-0.2, 0) is 19.1 Å². The lowest BCUT2D eigenvalue weighted by atomic mass is 9.79. The van der Waals surface area contributed by atoms with E-state index < -0.39 is 36.0 Å². The largest absolute Gasteiger partial charge is 0.481 e. The SMILES string of the molecule is O=C(O)[C@@H]1[C@@H]2O[C@@H]([C@H]3O[C@@H]32)[C@@H]1C(=O)O. The first kappa shape index (κ1) is 8.19. The van der Waals surface area contributed by atoms with Gasteiger partial charge in [0.2, 0.25) is 0 Å². The fraction of sp³-hybridized carbons (Fsp3) is 0.750. The molecule has 0 aromatic rings. The summed E-state index contributed by atoms with van der Waals surface area (Å²) in [5.41, 5.74) is 0. The van der Waals surface area contributed by atoms with Gasteiger partial charge in [-0.2, -0.15) is 0 Å². The van der Waals surface area contributed by atoms with E-state index in [2.05, 4.69) is 0 Å². The highest BCUT2D eigenvalue weighted by Gasteiger charge is 2.72. The Morgan fingerprint density at radius 3 is 1.50 bits per heavy atom. The number of epoxide rings is 1. The van der Waals surface area contributed by atoms with Crippen LogP contribution in [0.1, 0.15) is 0 Å². The summed E-state index contributed by atoms with van der Waals surface area (Å²) in [6.07, 6.45) is -1.50. The van der Waals surface area contributed by atoms with Crippen molar-refractivity contribution in [3.05, 3.63) is 0 Å². The smallest absolute Gasteiger partial charge is 0.310 e. The van der Waals surface area contributed by atoms with E-state index in [1.807, 2.05) is 0 Å². The fourth-order valence-corrected chi connectivity index (χ4v) is 2.58. The van der Waals surface area contributed by atoms with Crippen LogP contribution in [0.15, 0.2) is 0 Å². The van der Waals surface area contributed by atoms with Gasteiger partial charge in [0.25, 0.3) is 0 Å². The molecule has 0 saturated carbocycles. The molecule has 14 heavy (non-hydrogen) atoms. The molecule has 0 spiro atoms. The molecular weight excluding hydrogens is 192 g/mol. The minimum atomic E-state index is -1.11. The topological polar surface area (TPSA) is 96.4 Å². The summed E-state index contributed by atoms with van der Waals surface area (Å²) in [5, 5.41) is 17.8. The number of fused-ring (bicyclic) bond motifs is 5. The maximum atomic E-state index is 10.9. The third-order valence-electron chi connectivity index (χ3n) is 3.19. The van der Waals surface area contributed by atoms with E-state index in [1.165, 1.54) is 0 Å². The molecule has 0 aliphatic carbocycles. The predicted octanol–water partition coefficient (Wildman–Crippen LogP) is -1.06. The van der Waals surface area contributed by atoms with Gasteiger partial charge in [0.1, 0.15) is 36.3 Å². The first-order valence-corrected chi connectivity index (χ1v) is 4.38. The number of hydrogen-bond donors (Lipinski definition) is 2. The molecule has 3 aliphatic heterocycles. The van der Waals surface area contributed by atoms with Crippen molar-refractivity contribution in [2.24, 2.45) is 11.8 Å². The number of carboxylic acid groups (broad SMARTS) is 2. The lowest BCUT2D eigenvalue weighted by molar-refractivity contribution is -0.153. The number of ether oxygens (including phenoxy) is 2. The first-order valence-electron chi connectivity index (χ1n) is 4.38. The minimum Gasteiger partial charge on any atom is -0.481 e. The quantitative estimate of drug-likeness (QED) is 0.551. The van der Waals surface area contributed by atoms with Gasteiger partial charge in [0.05, 0.1) is 0 Å². The molecule has 3 aliphatic rings. The molecule has 3 saturated heterocycles. The third-order valence-corrected chi connectivity index (χ3v) is 3.19. The van der Waals surface area contributed by atoms with Crippen molar-refractivity contribution in [2.45, 2.75) is 24.4 Å². The van der Waals surface area contributed by atoms with Gasteiger partial charge >= 0.3 is 11.9 Å². The molecule has 0 aromatic carbocycles. The number of carbonyl (C=O) groups is 2. The average molecular weight is 200 g/mol. The molecule has 0 amide bonds. The molecule has 6 atom stereocenters. The van der Waals surface area contributed by atoms with Crippen LogP contribution >= 0.6 is 0 Å². The zero-order chi connectivity index (χ0) is 10.0. The van der Waals surface area contributed by atoms with Gasteiger partial charge in [0, 0.05) is 0 Å². The summed E-state index contributed by atoms with van der Waals surface area (Å²) < 4.78 is 10.4. The van der Waals surface area contributed by atoms with E-state index in [-0.39, 0.29) is 12.2 Å². The Hall–Kier alpha value is -1.14. The summed E-state index contributed by atoms with van der Waals surface area (Å²) >= 11 is 0. The highest BCUT2D eigenvalue weighted by atomic mass is 16.7. The Labute approximate surface area is 78.4 Å². The monoisotopic (exact) mass is 200 g/mol. The van der Waals surface area contributed by atoms with Crippen molar-refractivity contribution in [3.8, 4) is 0 Å². The number of hydrogen-bond acceptors (Lipinski definition) is 4. The Kier molecular flexibility index (Phi) is 1.32. The van der Waals surface area contributed by atoms with Crippen molar-refractivity contribution in [1.29, 1.82) is 0 Å². The van der Waals surface area contributed by atoms with Crippen LogP contribution in [0, 0.1) is 11.8 Å². The molecule has 0 aromatic heterocycles. The standard InChI is InChI=1S/C8H8O6/c9-7(10)1-2(8(11)12)4-6-5(14-6)3(1)13-4/h1-6H,(H,9,10)(H,11,12)/t1-,2+,3-,4+,5-,6-/m1/s1. The van der Waals surface area contributed by atoms with Crippen molar-refractivity contribution in [2.75, 3.05) is 0 Å². The van der Waals surface area contributed by atoms with E-state index in [0.29, 0.717) is 0 Å². The Bertz CT molecular complexity index is 296. The van der Waals surface area contributed by atoms with E-state index in [0.717, 1.165) is 0 Å². The van der Waals surface area contributed by atoms with Gasteiger partial charge in [-0.25, -0.2) is 0 Å². The second kappa shape index (κ2) is 2.26. The summed E-state index contributed by atoms with van der Waals surface area (Å²) in [4.78, 5) is 21.7. The normalized spacial score (nSPS) is 52.9. The van der Waals surface area contributed by atoms with Crippen LogP contribution in [0.25, 0.3) is 0 Å². The molecule has 2 N–H and O–H groups in total. The highest BCUT2D eigenvalue weighted by molar-refractivity contribution is 5.82. The van der Waals surface area contributed by atoms with Crippen molar-refractivity contribution in [1.82, 2.24) is 0 Å². The Morgan fingerprint density at radius 1 is 0.786 bits per heavy atom. The van der Waals surface area contributed by atoms with Gasteiger partial charge < -0.3 is 19.7 Å². The van der Waals surface area contributed by atoms with Gasteiger partial charge in [0.15, 0.2) is 0 Å². The third kappa shape index (κ3) is 0.777. The molecule has 2 bridgehead atoms. The van der Waals surface area contributed by atoms with Crippen LogP contribution in [0.4, 0.5) is 0 Å². The molecule has 3 fully saturated rings. The summed E-state index contributed by atoms with van der Waals surface area (Å²) in [7, 11) is 0. The maximum Gasteiger partial charge on any atom is 0.310 e. The second-order valence-corrected chi connectivity index (χ2v) is 3.86. The Morgan fingerprint density at radius 2 is 1.14 bits per heavy atom. The first-order chi connectivity index (χ1) is 6.61. The predicted molar refractivity (Wildman–Crippen MR) is 39.6 cm³/mol. The lowest BCUT2D eigenvalue weighted by Gasteiger charge is -2.17. The molecule has 76 valence electrons. The summed E-state index contributed by atoms with van der Waals surface area (Å²) in [5.74, 6) is -4.14. The maximum absolute atomic E-state index is 10.9. The molecule has 6 nitrogen and oxygen atoms in total. The second-order valence-electron chi connectivity index (χ2n) is 3.86. The average Bonchev–Trinajstić information content (AvgIpc) is 2.71. The van der Waals surface area contributed by atoms with Gasteiger partial charge in [-0.05, 0) is 0 Å². The molecule has 3 rings (SSSR count). The molecule has 3 heterocycles. The van der Waals surface area contributed by atoms with Crippen LogP contribution in [0.2, 0.25) is 0 Å². The molecule has 6 heteroatoms. The van der Waals surface area contributed by atoms with Gasteiger partial charge in [-0.1, -0.05) is 0 Å². The van der Waals surface area contributed by atoms with E-state index in [4.69, 9.17) is 19.7 Å². The summed E-state index contributed by atoms with van der Waals surface area (Å²) in [6.45, 7) is 0. The number of aliphatic carboxylic acids is 2. The van der Waals surface area contributed by atoms with Crippen LogP contribution in [0.5, 0.6) is 0 Å². The molecule has 0 unspecified atom stereocenters. The van der Waals surface area contributed by atoms with Crippen LogP contribution < -0.4 is 0 Å². The van der Waals surface area contributed by atoms with Gasteiger partial charge in [-0.3, -0.25) is 9.59 Å². The van der Waals surface area contributed by atoms with Crippen molar-refractivity contribution in [3.63, 3.8) is 0 Å². The van der Waals surface area contributed by atoms with Gasteiger partial charge in [-0.15, -0.1) is 0 Å². The zero-order valence-corrected chi connectivity index (χ0v) is 6.99. The lowest BCUT2D eigenvalue weighted by Crippen LogP contribution is -2.41. The molecule has 0 radical (unpaired) electrons. The van der Waals surface area contributed by atoms with E-state index >= 15 is 0 Å². The van der Waals surface area contributed by atoms with E-state index in [9.17, 15) is 9.59 Å².